The van der Waals surface area contributed by atoms with Crippen LogP contribution >= 0.6 is 0 Å². The fourth-order valence-corrected chi connectivity index (χ4v) is 1.32. The lowest BCUT2D eigenvalue weighted by Gasteiger charge is -2.05. The zero-order valence-corrected chi connectivity index (χ0v) is 9.46. The Bertz CT molecular complexity index is 363. The summed E-state index contributed by atoms with van der Waals surface area (Å²) in [6.45, 7) is 2.53. The summed E-state index contributed by atoms with van der Waals surface area (Å²) in [5.74, 6) is -0.483. The molecule has 16 heavy (non-hydrogen) atoms. The second-order valence-corrected chi connectivity index (χ2v) is 3.43. The third-order valence-corrected chi connectivity index (χ3v) is 2.15. The van der Waals surface area contributed by atoms with E-state index in [0.717, 1.165) is 0 Å². The molecule has 0 atom stereocenters. The zero-order chi connectivity index (χ0) is 12.0. The van der Waals surface area contributed by atoms with Crippen LogP contribution in [0.25, 0.3) is 0 Å². The highest BCUT2D eigenvalue weighted by Crippen LogP contribution is 2.10. The Hall–Kier alpha value is -1.26. The number of ether oxygens (including phenoxy) is 2. The topological polar surface area (TPSA) is 35.5 Å². The Kier molecular flexibility index (Phi) is 5.08. The van der Waals surface area contributed by atoms with Crippen molar-refractivity contribution < 1.29 is 18.7 Å². The lowest BCUT2D eigenvalue weighted by atomic mass is 10.1. The van der Waals surface area contributed by atoms with E-state index in [1.54, 1.807) is 14.0 Å². The van der Waals surface area contributed by atoms with Crippen molar-refractivity contribution in [2.24, 2.45) is 0 Å². The van der Waals surface area contributed by atoms with Gasteiger partial charge in [-0.15, -0.1) is 0 Å². The number of hydrogen-bond donors (Lipinski definition) is 0. The third kappa shape index (κ3) is 3.72. The first-order valence-corrected chi connectivity index (χ1v) is 5.01. The van der Waals surface area contributed by atoms with Crippen LogP contribution in [0.4, 0.5) is 4.39 Å². The molecular weight excluding hydrogens is 211 g/mol. The first kappa shape index (κ1) is 12.8. The van der Waals surface area contributed by atoms with Crippen LogP contribution in [0.2, 0.25) is 0 Å². The van der Waals surface area contributed by atoms with Crippen LogP contribution in [0.5, 0.6) is 0 Å². The van der Waals surface area contributed by atoms with Gasteiger partial charge in [-0.05, 0) is 30.7 Å². The van der Waals surface area contributed by atoms with Gasteiger partial charge >= 0.3 is 0 Å². The maximum atomic E-state index is 12.8. The van der Waals surface area contributed by atoms with Crippen LogP contribution in [0, 0.1) is 12.7 Å². The summed E-state index contributed by atoms with van der Waals surface area (Å²) in [7, 11) is 1.56. The van der Waals surface area contributed by atoms with Gasteiger partial charge in [-0.1, -0.05) is 0 Å². The van der Waals surface area contributed by atoms with E-state index >= 15 is 0 Å². The summed E-state index contributed by atoms with van der Waals surface area (Å²) < 4.78 is 22.7. The second-order valence-electron chi connectivity index (χ2n) is 3.43. The predicted octanol–water partition coefficient (Wildman–Crippen LogP) is 1.98. The van der Waals surface area contributed by atoms with E-state index in [2.05, 4.69) is 0 Å². The quantitative estimate of drug-likeness (QED) is 0.549. The maximum Gasteiger partial charge on any atom is 0.188 e. The molecule has 0 bridgehead atoms. The van der Waals surface area contributed by atoms with E-state index in [0.29, 0.717) is 24.3 Å². The van der Waals surface area contributed by atoms with E-state index in [1.807, 2.05) is 0 Å². The largest absolute Gasteiger partial charge is 0.382 e. The number of methoxy groups -OCH3 is 1. The molecule has 0 aliphatic rings. The minimum Gasteiger partial charge on any atom is -0.382 e. The summed E-state index contributed by atoms with van der Waals surface area (Å²) in [4.78, 5) is 11.7. The number of halogens is 1. The molecule has 1 rings (SSSR count). The van der Waals surface area contributed by atoms with E-state index in [1.165, 1.54) is 18.2 Å². The molecule has 3 nitrogen and oxygen atoms in total. The second kappa shape index (κ2) is 6.35. The Labute approximate surface area is 94.2 Å². The van der Waals surface area contributed by atoms with Crippen molar-refractivity contribution in [2.75, 3.05) is 26.9 Å². The van der Waals surface area contributed by atoms with E-state index < -0.39 is 0 Å². The van der Waals surface area contributed by atoms with Crippen LogP contribution in [-0.2, 0) is 9.47 Å². The highest BCUT2D eigenvalue weighted by Gasteiger charge is 2.09. The van der Waals surface area contributed by atoms with Gasteiger partial charge in [0.05, 0.1) is 13.2 Å². The zero-order valence-electron chi connectivity index (χ0n) is 9.46. The van der Waals surface area contributed by atoms with Gasteiger partial charge in [0.2, 0.25) is 0 Å². The Balaban J connectivity index is 2.53. The van der Waals surface area contributed by atoms with Crippen molar-refractivity contribution >= 4 is 5.78 Å². The minimum atomic E-state index is -0.339. The summed E-state index contributed by atoms with van der Waals surface area (Å²) >= 11 is 0. The molecule has 0 aliphatic carbocycles. The molecule has 1 aromatic carbocycles. The molecular formula is C12H15FO3. The molecule has 0 aliphatic heterocycles. The van der Waals surface area contributed by atoms with Gasteiger partial charge in [-0.3, -0.25) is 4.79 Å². The number of carbonyl (C=O) groups excluding carboxylic acids is 1. The van der Waals surface area contributed by atoms with Crippen LogP contribution in [0.3, 0.4) is 0 Å². The van der Waals surface area contributed by atoms with Gasteiger partial charge in [-0.2, -0.15) is 0 Å². The average Bonchev–Trinajstić information content (AvgIpc) is 2.24. The summed E-state index contributed by atoms with van der Waals surface area (Å²) in [5.41, 5.74) is 1.12. The monoisotopic (exact) mass is 226 g/mol. The van der Waals surface area contributed by atoms with Crippen LogP contribution in [0.1, 0.15) is 15.9 Å². The molecule has 4 heteroatoms. The molecule has 1 aromatic rings. The van der Waals surface area contributed by atoms with Gasteiger partial charge < -0.3 is 9.47 Å². The van der Waals surface area contributed by atoms with Crippen LogP contribution < -0.4 is 0 Å². The lowest BCUT2D eigenvalue weighted by Crippen LogP contribution is -2.13. The molecule has 88 valence electrons. The number of ketones is 1. The summed E-state index contributed by atoms with van der Waals surface area (Å²) in [5, 5.41) is 0. The molecule has 0 saturated carbocycles. The molecule has 0 aromatic heterocycles. The van der Waals surface area contributed by atoms with E-state index in [4.69, 9.17) is 9.47 Å². The highest BCUT2D eigenvalue weighted by molar-refractivity contribution is 5.98. The maximum absolute atomic E-state index is 12.8. The van der Waals surface area contributed by atoms with Gasteiger partial charge in [0.25, 0.3) is 0 Å². The Morgan fingerprint density at radius 1 is 1.38 bits per heavy atom. The van der Waals surface area contributed by atoms with Crippen molar-refractivity contribution in [1.29, 1.82) is 0 Å². The third-order valence-electron chi connectivity index (χ3n) is 2.15. The minimum absolute atomic E-state index is 0.00413. The fourth-order valence-electron chi connectivity index (χ4n) is 1.32. The molecule has 0 amide bonds. The first-order valence-electron chi connectivity index (χ1n) is 5.01. The SMILES string of the molecule is COCCOCC(=O)c1ccc(F)cc1C. The highest BCUT2D eigenvalue weighted by atomic mass is 19.1. The number of aryl methyl sites for hydroxylation is 1. The van der Waals surface area contributed by atoms with Crippen molar-refractivity contribution in [3.8, 4) is 0 Å². The first-order chi connectivity index (χ1) is 7.65. The molecule has 0 unspecified atom stereocenters. The van der Waals surface area contributed by atoms with Gasteiger partial charge in [0, 0.05) is 12.7 Å². The molecule has 0 fully saturated rings. The molecule has 0 N–H and O–H groups in total. The van der Waals surface area contributed by atoms with Gasteiger partial charge in [0.1, 0.15) is 12.4 Å². The van der Waals surface area contributed by atoms with Crippen molar-refractivity contribution in [3.63, 3.8) is 0 Å². The molecule has 0 radical (unpaired) electrons. The Morgan fingerprint density at radius 3 is 2.75 bits per heavy atom. The number of hydrogen-bond acceptors (Lipinski definition) is 3. The average molecular weight is 226 g/mol. The van der Waals surface area contributed by atoms with Gasteiger partial charge in [0.15, 0.2) is 5.78 Å². The number of benzene rings is 1. The van der Waals surface area contributed by atoms with Crippen molar-refractivity contribution in [2.45, 2.75) is 6.92 Å². The Morgan fingerprint density at radius 2 is 2.12 bits per heavy atom. The lowest BCUT2D eigenvalue weighted by molar-refractivity contribution is 0.0576. The normalized spacial score (nSPS) is 10.4. The number of Topliss-reactive ketones (excluding diaryl/α,β-unsaturated/α-hetero) is 1. The molecule has 0 spiro atoms. The summed E-state index contributed by atoms with van der Waals surface area (Å²) in [6, 6.07) is 4.09. The van der Waals surface area contributed by atoms with Gasteiger partial charge in [-0.25, -0.2) is 4.39 Å². The standard InChI is InChI=1S/C12H15FO3/c1-9-7-10(13)3-4-11(9)12(14)8-16-6-5-15-2/h3-4,7H,5-6,8H2,1-2H3. The fraction of sp³-hybridized carbons (Fsp3) is 0.417. The molecule has 0 saturated heterocycles. The van der Waals surface area contributed by atoms with Crippen LogP contribution in [0.15, 0.2) is 18.2 Å². The van der Waals surface area contributed by atoms with E-state index in [-0.39, 0.29) is 18.2 Å². The van der Waals surface area contributed by atoms with E-state index in [9.17, 15) is 9.18 Å². The number of carbonyl (C=O) groups is 1. The predicted molar refractivity (Wildman–Crippen MR) is 58.2 cm³/mol. The van der Waals surface area contributed by atoms with Crippen molar-refractivity contribution in [3.05, 3.63) is 35.1 Å². The van der Waals surface area contributed by atoms with Crippen LogP contribution in [-0.4, -0.2) is 32.7 Å². The molecule has 0 heterocycles. The van der Waals surface area contributed by atoms with Crippen molar-refractivity contribution in [1.82, 2.24) is 0 Å². The number of rotatable bonds is 6. The smallest absolute Gasteiger partial charge is 0.188 e. The summed E-state index contributed by atoms with van der Waals surface area (Å²) in [6.07, 6.45) is 0.